The maximum Gasteiger partial charge on any atom is 0.127 e. The van der Waals surface area contributed by atoms with E-state index in [2.05, 4.69) is 5.10 Å². The molecule has 0 atom stereocenters. The molecule has 0 aliphatic rings. The summed E-state index contributed by atoms with van der Waals surface area (Å²) in [7, 11) is 0. The van der Waals surface area contributed by atoms with Crippen molar-refractivity contribution in [1.29, 1.82) is 0 Å². The third-order valence-corrected chi connectivity index (χ3v) is 2.59. The molecular weight excluding hydrogens is 216 g/mol. The third-order valence-electron chi connectivity index (χ3n) is 2.59. The fourth-order valence-electron chi connectivity index (χ4n) is 1.72. The highest BCUT2D eigenvalue weighted by molar-refractivity contribution is 5.40. The van der Waals surface area contributed by atoms with Gasteiger partial charge in [0.2, 0.25) is 0 Å². The first-order valence-corrected chi connectivity index (χ1v) is 5.61. The minimum absolute atomic E-state index is 0.00121. The van der Waals surface area contributed by atoms with E-state index in [9.17, 15) is 5.11 Å². The lowest BCUT2D eigenvalue weighted by atomic mass is 10.1. The van der Waals surface area contributed by atoms with Gasteiger partial charge in [-0.15, -0.1) is 0 Å². The first-order valence-electron chi connectivity index (χ1n) is 5.61. The fraction of sp³-hybridized carbons (Fsp3) is 0.308. The molecule has 0 saturated carbocycles. The zero-order valence-electron chi connectivity index (χ0n) is 9.84. The van der Waals surface area contributed by atoms with Crippen molar-refractivity contribution in [3.63, 3.8) is 0 Å². The lowest BCUT2D eigenvalue weighted by molar-refractivity contribution is 0.254. The van der Waals surface area contributed by atoms with Crippen molar-refractivity contribution in [3.8, 4) is 5.75 Å². The van der Waals surface area contributed by atoms with Gasteiger partial charge in [0.1, 0.15) is 12.4 Å². The van der Waals surface area contributed by atoms with Gasteiger partial charge in [-0.05, 0) is 18.6 Å². The van der Waals surface area contributed by atoms with Crippen LogP contribution in [0.1, 0.15) is 11.1 Å². The predicted molar refractivity (Wildman–Crippen MR) is 64.8 cm³/mol. The molecule has 2 rings (SSSR count). The zero-order valence-corrected chi connectivity index (χ0v) is 9.84. The Kier molecular flexibility index (Phi) is 3.77. The molecule has 0 aliphatic heterocycles. The smallest absolute Gasteiger partial charge is 0.127 e. The zero-order chi connectivity index (χ0) is 12.1. The molecule has 0 spiro atoms. The Bertz CT molecular complexity index is 466. The van der Waals surface area contributed by atoms with Crippen LogP contribution < -0.4 is 4.74 Å². The van der Waals surface area contributed by atoms with Gasteiger partial charge < -0.3 is 9.84 Å². The van der Waals surface area contributed by atoms with Crippen molar-refractivity contribution < 1.29 is 9.84 Å². The summed E-state index contributed by atoms with van der Waals surface area (Å²) in [6, 6.07) is 7.65. The van der Waals surface area contributed by atoms with Crippen LogP contribution in [0.5, 0.6) is 5.75 Å². The maximum atomic E-state index is 9.23. The molecule has 0 bridgehead atoms. The number of hydrogen-bond acceptors (Lipinski definition) is 3. The van der Waals surface area contributed by atoms with Crippen LogP contribution in [0.3, 0.4) is 0 Å². The van der Waals surface area contributed by atoms with Crippen LogP contribution in [0.2, 0.25) is 0 Å². The lowest BCUT2D eigenvalue weighted by Crippen LogP contribution is -2.10. The molecule has 4 heteroatoms. The fourth-order valence-corrected chi connectivity index (χ4v) is 1.72. The van der Waals surface area contributed by atoms with E-state index in [0.717, 1.165) is 16.9 Å². The normalized spacial score (nSPS) is 10.5. The first kappa shape index (κ1) is 11.7. The second-order valence-corrected chi connectivity index (χ2v) is 3.84. The van der Waals surface area contributed by atoms with Gasteiger partial charge in [-0.3, -0.25) is 4.68 Å². The quantitative estimate of drug-likeness (QED) is 0.854. The van der Waals surface area contributed by atoms with E-state index in [0.29, 0.717) is 13.2 Å². The number of aliphatic hydroxyl groups is 1. The molecule has 0 unspecified atom stereocenters. The molecule has 1 N–H and O–H groups in total. The molecule has 0 radical (unpaired) electrons. The third kappa shape index (κ3) is 2.85. The summed E-state index contributed by atoms with van der Waals surface area (Å²) in [4.78, 5) is 0. The summed E-state index contributed by atoms with van der Waals surface area (Å²) < 4.78 is 7.53. The number of aromatic nitrogens is 2. The van der Waals surface area contributed by atoms with E-state index >= 15 is 0 Å². The van der Waals surface area contributed by atoms with Crippen LogP contribution in [0, 0.1) is 6.92 Å². The first-order chi connectivity index (χ1) is 8.31. The SMILES string of the molecule is Cc1cccc(CO)c1OCCn1cccn1. The molecule has 2 aromatic rings. The van der Waals surface area contributed by atoms with Crippen LogP contribution in [0.4, 0.5) is 0 Å². The van der Waals surface area contributed by atoms with Crippen LogP contribution in [-0.4, -0.2) is 21.5 Å². The van der Waals surface area contributed by atoms with Crippen molar-refractivity contribution in [1.82, 2.24) is 9.78 Å². The average Bonchev–Trinajstić information content (AvgIpc) is 2.84. The van der Waals surface area contributed by atoms with Gasteiger partial charge in [-0.1, -0.05) is 18.2 Å². The lowest BCUT2D eigenvalue weighted by Gasteiger charge is -2.12. The molecule has 0 amide bonds. The van der Waals surface area contributed by atoms with E-state index in [-0.39, 0.29) is 6.61 Å². The summed E-state index contributed by atoms with van der Waals surface area (Å²) in [6.45, 7) is 3.22. The van der Waals surface area contributed by atoms with E-state index in [1.165, 1.54) is 0 Å². The van der Waals surface area contributed by atoms with Gasteiger partial charge in [0.15, 0.2) is 0 Å². The van der Waals surface area contributed by atoms with E-state index in [1.807, 2.05) is 42.1 Å². The number of ether oxygens (including phenoxy) is 1. The Morgan fingerprint density at radius 2 is 2.24 bits per heavy atom. The number of aryl methyl sites for hydroxylation is 1. The number of nitrogens with zero attached hydrogens (tertiary/aromatic N) is 2. The van der Waals surface area contributed by atoms with Crippen LogP contribution in [-0.2, 0) is 13.2 Å². The summed E-state index contributed by atoms with van der Waals surface area (Å²) in [5, 5.41) is 13.3. The summed E-state index contributed by atoms with van der Waals surface area (Å²) in [5.74, 6) is 0.780. The minimum atomic E-state index is -0.00121. The van der Waals surface area contributed by atoms with Gasteiger partial charge in [-0.25, -0.2) is 0 Å². The Labute approximate surface area is 100 Å². The van der Waals surface area contributed by atoms with E-state index in [4.69, 9.17) is 4.74 Å². The molecular formula is C13H16N2O2. The van der Waals surface area contributed by atoms with Crippen molar-refractivity contribution in [2.75, 3.05) is 6.61 Å². The number of benzene rings is 1. The van der Waals surface area contributed by atoms with Crippen molar-refractivity contribution in [2.45, 2.75) is 20.1 Å². The van der Waals surface area contributed by atoms with Crippen LogP contribution in [0.15, 0.2) is 36.7 Å². The molecule has 0 fully saturated rings. The van der Waals surface area contributed by atoms with E-state index in [1.54, 1.807) is 6.20 Å². The minimum Gasteiger partial charge on any atom is -0.491 e. The molecule has 1 aromatic heterocycles. The molecule has 0 saturated heterocycles. The van der Waals surface area contributed by atoms with Gasteiger partial charge >= 0.3 is 0 Å². The highest BCUT2D eigenvalue weighted by Gasteiger charge is 2.05. The Balaban J connectivity index is 1.98. The van der Waals surface area contributed by atoms with E-state index < -0.39 is 0 Å². The molecule has 17 heavy (non-hydrogen) atoms. The average molecular weight is 232 g/mol. The molecule has 0 aliphatic carbocycles. The number of hydrogen-bond donors (Lipinski definition) is 1. The topological polar surface area (TPSA) is 47.3 Å². The number of para-hydroxylation sites is 1. The van der Waals surface area contributed by atoms with Gasteiger partial charge in [-0.2, -0.15) is 5.10 Å². The number of rotatable bonds is 5. The summed E-state index contributed by atoms with van der Waals surface area (Å²) >= 11 is 0. The highest BCUT2D eigenvalue weighted by Crippen LogP contribution is 2.23. The second kappa shape index (κ2) is 5.50. The predicted octanol–water partition coefficient (Wildman–Crippen LogP) is 1.76. The maximum absolute atomic E-state index is 9.23. The van der Waals surface area contributed by atoms with Gasteiger partial charge in [0.05, 0.1) is 13.2 Å². The summed E-state index contributed by atoms with van der Waals surface area (Å²) in [5.41, 5.74) is 1.86. The van der Waals surface area contributed by atoms with Crippen LogP contribution >= 0.6 is 0 Å². The monoisotopic (exact) mass is 232 g/mol. The van der Waals surface area contributed by atoms with Gasteiger partial charge in [0.25, 0.3) is 0 Å². The Morgan fingerprint density at radius 3 is 2.94 bits per heavy atom. The molecule has 90 valence electrons. The standard InChI is InChI=1S/C13H16N2O2/c1-11-4-2-5-12(10-16)13(11)17-9-8-15-7-3-6-14-15/h2-7,16H,8-10H2,1H3. The number of aliphatic hydroxyl groups excluding tert-OH is 1. The van der Waals surface area contributed by atoms with Crippen molar-refractivity contribution in [2.24, 2.45) is 0 Å². The Hall–Kier alpha value is -1.81. The molecule has 4 nitrogen and oxygen atoms in total. The molecule has 1 aromatic carbocycles. The second-order valence-electron chi connectivity index (χ2n) is 3.84. The Morgan fingerprint density at radius 1 is 1.35 bits per heavy atom. The highest BCUT2D eigenvalue weighted by atomic mass is 16.5. The van der Waals surface area contributed by atoms with Crippen molar-refractivity contribution in [3.05, 3.63) is 47.8 Å². The van der Waals surface area contributed by atoms with Gasteiger partial charge in [0, 0.05) is 18.0 Å². The summed E-state index contributed by atoms with van der Waals surface area (Å²) in [6.07, 6.45) is 3.64. The van der Waals surface area contributed by atoms with Crippen LogP contribution in [0.25, 0.3) is 0 Å². The van der Waals surface area contributed by atoms with Crippen molar-refractivity contribution >= 4 is 0 Å². The molecule has 1 heterocycles. The largest absolute Gasteiger partial charge is 0.491 e.